The van der Waals surface area contributed by atoms with Gasteiger partial charge < -0.3 is 9.80 Å². The average molecular weight is 340 g/mol. The number of carbonyl (C=O) groups is 1. The quantitative estimate of drug-likeness (QED) is 0.817. The first-order valence-corrected chi connectivity index (χ1v) is 9.06. The second-order valence-electron chi connectivity index (χ2n) is 6.56. The van der Waals surface area contributed by atoms with Crippen LogP contribution in [0.3, 0.4) is 0 Å². The third-order valence-corrected chi connectivity index (χ3v) is 4.78. The molecule has 0 atom stereocenters. The van der Waals surface area contributed by atoms with Crippen molar-refractivity contribution in [2.24, 2.45) is 0 Å². The van der Waals surface area contributed by atoms with E-state index in [0.29, 0.717) is 13.1 Å². The molecule has 0 saturated carbocycles. The lowest BCUT2D eigenvalue weighted by Crippen LogP contribution is -2.48. The smallest absolute Gasteiger partial charge is 0.253 e. The van der Waals surface area contributed by atoms with Gasteiger partial charge in [0.05, 0.1) is 0 Å². The maximum Gasteiger partial charge on any atom is 0.253 e. The number of unbranched alkanes of at least 4 members (excludes halogenated alkanes) is 1. The number of nitrogens with zero attached hydrogens (tertiary/aromatic N) is 2. The second kappa shape index (κ2) is 8.15. The van der Waals surface area contributed by atoms with Crippen molar-refractivity contribution < 1.29 is 9.18 Å². The van der Waals surface area contributed by atoms with Crippen molar-refractivity contribution in [1.29, 1.82) is 0 Å². The molecule has 132 valence electrons. The second-order valence-corrected chi connectivity index (χ2v) is 6.56. The Labute approximate surface area is 149 Å². The molecule has 1 fully saturated rings. The van der Waals surface area contributed by atoms with E-state index in [4.69, 9.17) is 0 Å². The number of aryl methyl sites for hydroxylation is 1. The van der Waals surface area contributed by atoms with Gasteiger partial charge in [0.15, 0.2) is 0 Å². The van der Waals surface area contributed by atoms with Gasteiger partial charge >= 0.3 is 0 Å². The van der Waals surface area contributed by atoms with Crippen LogP contribution in [0.5, 0.6) is 0 Å². The molecule has 1 aliphatic rings. The molecular weight excluding hydrogens is 315 g/mol. The Morgan fingerprint density at radius 2 is 1.60 bits per heavy atom. The predicted molar refractivity (Wildman–Crippen MR) is 99.6 cm³/mol. The van der Waals surface area contributed by atoms with Crippen LogP contribution in [0.15, 0.2) is 48.5 Å². The van der Waals surface area contributed by atoms with Gasteiger partial charge in [0.25, 0.3) is 5.91 Å². The van der Waals surface area contributed by atoms with Crippen LogP contribution in [-0.2, 0) is 6.42 Å². The Morgan fingerprint density at radius 3 is 2.20 bits per heavy atom. The first kappa shape index (κ1) is 17.5. The highest BCUT2D eigenvalue weighted by atomic mass is 19.1. The Hall–Kier alpha value is -2.36. The zero-order chi connectivity index (χ0) is 17.6. The standard InChI is InChI=1S/C21H25FN2O/c1-2-3-4-17-5-7-18(8-6-17)21(25)24-15-13-23(14-16-24)20-11-9-19(22)10-12-20/h5-12H,2-4,13-16H2,1H3. The van der Waals surface area contributed by atoms with Crippen molar-refractivity contribution in [2.75, 3.05) is 31.1 Å². The molecule has 0 unspecified atom stereocenters. The minimum atomic E-state index is -0.222. The zero-order valence-corrected chi connectivity index (χ0v) is 14.7. The van der Waals surface area contributed by atoms with E-state index < -0.39 is 0 Å². The molecule has 25 heavy (non-hydrogen) atoms. The molecule has 3 nitrogen and oxygen atoms in total. The van der Waals surface area contributed by atoms with Crippen LogP contribution in [0, 0.1) is 5.82 Å². The molecule has 3 rings (SSSR count). The molecule has 1 saturated heterocycles. The van der Waals surface area contributed by atoms with Gasteiger partial charge in [-0.1, -0.05) is 25.5 Å². The van der Waals surface area contributed by atoms with Crippen molar-refractivity contribution in [3.63, 3.8) is 0 Å². The molecule has 2 aromatic rings. The molecule has 2 aromatic carbocycles. The van der Waals surface area contributed by atoms with E-state index in [0.717, 1.165) is 30.8 Å². The largest absolute Gasteiger partial charge is 0.368 e. The van der Waals surface area contributed by atoms with E-state index in [9.17, 15) is 9.18 Å². The molecule has 1 heterocycles. The molecule has 1 aliphatic heterocycles. The van der Waals surface area contributed by atoms with Crippen molar-refractivity contribution >= 4 is 11.6 Å². The first-order valence-electron chi connectivity index (χ1n) is 9.06. The summed E-state index contributed by atoms with van der Waals surface area (Å²) in [6, 6.07) is 14.6. The Kier molecular flexibility index (Phi) is 5.69. The molecule has 0 bridgehead atoms. The topological polar surface area (TPSA) is 23.6 Å². The first-order chi connectivity index (χ1) is 12.2. The van der Waals surface area contributed by atoms with E-state index in [1.807, 2.05) is 17.0 Å². The van der Waals surface area contributed by atoms with E-state index in [1.54, 1.807) is 12.1 Å². The SMILES string of the molecule is CCCCc1ccc(C(=O)N2CCN(c3ccc(F)cc3)CC2)cc1. The number of hydrogen-bond acceptors (Lipinski definition) is 2. The summed E-state index contributed by atoms with van der Waals surface area (Å²) in [6.07, 6.45) is 3.43. The number of hydrogen-bond donors (Lipinski definition) is 0. The van der Waals surface area contributed by atoms with E-state index in [-0.39, 0.29) is 11.7 Å². The number of halogens is 1. The van der Waals surface area contributed by atoms with E-state index >= 15 is 0 Å². The number of benzene rings is 2. The number of carbonyl (C=O) groups excluding carboxylic acids is 1. The minimum Gasteiger partial charge on any atom is -0.368 e. The summed E-state index contributed by atoms with van der Waals surface area (Å²) in [5.41, 5.74) is 3.06. The Balaban J connectivity index is 1.56. The van der Waals surface area contributed by atoms with Gasteiger partial charge in [-0.05, 0) is 54.8 Å². The summed E-state index contributed by atoms with van der Waals surface area (Å²) in [6.45, 7) is 5.10. The van der Waals surface area contributed by atoms with Crippen LogP contribution in [-0.4, -0.2) is 37.0 Å². The molecule has 0 radical (unpaired) electrons. The maximum absolute atomic E-state index is 13.0. The lowest BCUT2D eigenvalue weighted by molar-refractivity contribution is 0.0747. The van der Waals surface area contributed by atoms with Crippen LogP contribution < -0.4 is 4.90 Å². The van der Waals surface area contributed by atoms with Crippen molar-refractivity contribution in [3.8, 4) is 0 Å². The molecule has 0 aliphatic carbocycles. The van der Waals surface area contributed by atoms with Gasteiger partial charge in [0, 0.05) is 37.4 Å². The Morgan fingerprint density at radius 1 is 0.960 bits per heavy atom. The molecule has 0 N–H and O–H groups in total. The number of amides is 1. The molecule has 1 amide bonds. The van der Waals surface area contributed by atoms with E-state index in [2.05, 4.69) is 24.0 Å². The number of rotatable bonds is 5. The minimum absolute atomic E-state index is 0.0980. The number of anilines is 1. The highest BCUT2D eigenvalue weighted by molar-refractivity contribution is 5.94. The van der Waals surface area contributed by atoms with Crippen LogP contribution in [0.25, 0.3) is 0 Å². The summed E-state index contributed by atoms with van der Waals surface area (Å²) < 4.78 is 13.0. The van der Waals surface area contributed by atoms with Crippen molar-refractivity contribution in [3.05, 3.63) is 65.5 Å². The monoisotopic (exact) mass is 340 g/mol. The molecular formula is C21H25FN2O. The summed E-state index contributed by atoms with van der Waals surface area (Å²) in [4.78, 5) is 16.8. The summed E-state index contributed by atoms with van der Waals surface area (Å²) in [5.74, 6) is -0.124. The summed E-state index contributed by atoms with van der Waals surface area (Å²) in [7, 11) is 0. The van der Waals surface area contributed by atoms with Crippen LogP contribution in [0.2, 0.25) is 0 Å². The highest BCUT2D eigenvalue weighted by Crippen LogP contribution is 2.18. The van der Waals surface area contributed by atoms with Crippen molar-refractivity contribution in [2.45, 2.75) is 26.2 Å². The third kappa shape index (κ3) is 4.38. The van der Waals surface area contributed by atoms with E-state index in [1.165, 1.54) is 30.5 Å². The van der Waals surface area contributed by atoms with Crippen LogP contribution in [0.1, 0.15) is 35.7 Å². The Bertz CT molecular complexity index is 689. The molecule has 0 spiro atoms. The van der Waals surface area contributed by atoms with Crippen LogP contribution >= 0.6 is 0 Å². The molecule has 0 aromatic heterocycles. The lowest BCUT2D eigenvalue weighted by atomic mass is 10.1. The van der Waals surface area contributed by atoms with Gasteiger partial charge in [-0.25, -0.2) is 4.39 Å². The molecule has 4 heteroatoms. The van der Waals surface area contributed by atoms with Crippen molar-refractivity contribution in [1.82, 2.24) is 4.90 Å². The highest BCUT2D eigenvalue weighted by Gasteiger charge is 2.22. The van der Waals surface area contributed by atoms with Crippen LogP contribution in [0.4, 0.5) is 10.1 Å². The predicted octanol–water partition coefficient (Wildman–Crippen LogP) is 4.13. The fraction of sp³-hybridized carbons (Fsp3) is 0.381. The van der Waals surface area contributed by atoms with Gasteiger partial charge in [-0.2, -0.15) is 0 Å². The summed E-state index contributed by atoms with van der Waals surface area (Å²) >= 11 is 0. The average Bonchev–Trinajstić information content (AvgIpc) is 2.67. The van der Waals surface area contributed by atoms with Gasteiger partial charge in [-0.3, -0.25) is 4.79 Å². The number of piperazine rings is 1. The van der Waals surface area contributed by atoms with Gasteiger partial charge in [0.2, 0.25) is 0 Å². The van der Waals surface area contributed by atoms with Gasteiger partial charge in [0.1, 0.15) is 5.82 Å². The zero-order valence-electron chi connectivity index (χ0n) is 14.7. The fourth-order valence-corrected chi connectivity index (χ4v) is 3.20. The summed E-state index contributed by atoms with van der Waals surface area (Å²) in [5, 5.41) is 0. The third-order valence-electron chi connectivity index (χ3n) is 4.78. The maximum atomic E-state index is 13.0. The van der Waals surface area contributed by atoms with Gasteiger partial charge in [-0.15, -0.1) is 0 Å². The fourth-order valence-electron chi connectivity index (χ4n) is 3.20. The normalized spacial score (nSPS) is 14.6. The lowest BCUT2D eigenvalue weighted by Gasteiger charge is -2.36.